The molecule has 39 heavy (non-hydrogen) atoms. The molecule has 194 valence electrons. The molecule has 0 saturated heterocycles. The number of hydrogen-bond acceptors (Lipinski definition) is 1. The first-order valence-electron chi connectivity index (χ1n) is 13.7. The molecule has 0 saturated carbocycles. The fraction of sp³-hybridized carbons (Fsp3) is 0.158. The van der Waals surface area contributed by atoms with Crippen LogP contribution in [-0.2, 0) is 5.41 Å². The lowest BCUT2D eigenvalue weighted by atomic mass is 9.67. The Morgan fingerprint density at radius 3 is 1.92 bits per heavy atom. The Bertz CT molecular complexity index is 1580. The first kappa shape index (κ1) is 26.3. The van der Waals surface area contributed by atoms with Gasteiger partial charge in [-0.3, -0.25) is 0 Å². The third-order valence-corrected chi connectivity index (χ3v) is 8.41. The van der Waals surface area contributed by atoms with Gasteiger partial charge >= 0.3 is 0 Å². The third kappa shape index (κ3) is 4.19. The Labute approximate surface area is 234 Å². The van der Waals surface area contributed by atoms with Gasteiger partial charge in [-0.15, -0.1) is 0 Å². The molecule has 4 aromatic rings. The van der Waals surface area contributed by atoms with Crippen molar-refractivity contribution in [3.8, 4) is 11.1 Å². The lowest BCUT2D eigenvalue weighted by molar-refractivity contribution is 0.720. The second-order valence-corrected chi connectivity index (χ2v) is 10.2. The highest BCUT2D eigenvalue weighted by Gasteiger charge is 2.45. The molecule has 0 amide bonds. The van der Waals surface area contributed by atoms with Gasteiger partial charge in [0.25, 0.3) is 0 Å². The maximum atomic E-state index is 4.18. The molecule has 0 radical (unpaired) electrons. The summed E-state index contributed by atoms with van der Waals surface area (Å²) in [5.74, 6) is 0. The van der Waals surface area contributed by atoms with Gasteiger partial charge in [0.05, 0.1) is 11.1 Å². The van der Waals surface area contributed by atoms with Crippen molar-refractivity contribution >= 4 is 16.9 Å². The van der Waals surface area contributed by atoms with E-state index in [1.165, 1.54) is 50.2 Å². The van der Waals surface area contributed by atoms with E-state index in [-0.39, 0.29) is 5.41 Å². The van der Waals surface area contributed by atoms with E-state index in [4.69, 9.17) is 0 Å². The van der Waals surface area contributed by atoms with Crippen LogP contribution in [0.3, 0.4) is 0 Å². The van der Waals surface area contributed by atoms with Crippen molar-refractivity contribution in [2.24, 2.45) is 0 Å². The van der Waals surface area contributed by atoms with E-state index in [0.29, 0.717) is 0 Å². The van der Waals surface area contributed by atoms with Crippen molar-refractivity contribution in [1.82, 2.24) is 0 Å². The number of nitrogens with zero attached hydrogens (tertiary/aromatic N) is 1. The summed E-state index contributed by atoms with van der Waals surface area (Å²) in [6.07, 6.45) is 6.36. The lowest BCUT2D eigenvalue weighted by Crippen LogP contribution is -2.29. The van der Waals surface area contributed by atoms with Crippen molar-refractivity contribution in [2.45, 2.75) is 40.0 Å². The summed E-state index contributed by atoms with van der Waals surface area (Å²) in [7, 11) is 0. The summed E-state index contributed by atoms with van der Waals surface area (Å²) in [6, 6.07) is 37.1. The molecule has 1 unspecified atom stereocenters. The normalized spacial score (nSPS) is 17.3. The minimum atomic E-state index is -0.293. The molecule has 0 spiro atoms. The second kappa shape index (κ2) is 10.8. The zero-order valence-electron chi connectivity index (χ0n) is 23.7. The highest BCUT2D eigenvalue weighted by molar-refractivity contribution is 5.92. The van der Waals surface area contributed by atoms with Crippen LogP contribution in [0.5, 0.6) is 0 Å². The standard InChI is InChI=1S/C38H37N/c1-7-27(4)38(32-19-14-11-15-20-32)29(6)28(5)37-35(38)21-16-22-36(37)39(33(8-2)9-3)34-25-23-31(24-26-34)30-17-12-10-13-18-30/h7-26H,2H2,1,3-6H3. The lowest BCUT2D eigenvalue weighted by Gasteiger charge is -2.36. The Morgan fingerprint density at radius 1 is 0.718 bits per heavy atom. The van der Waals surface area contributed by atoms with Crippen LogP contribution in [0.4, 0.5) is 11.4 Å². The van der Waals surface area contributed by atoms with E-state index in [2.05, 4.69) is 161 Å². The molecular weight excluding hydrogens is 470 g/mol. The molecule has 1 aliphatic rings. The van der Waals surface area contributed by atoms with Crippen LogP contribution >= 0.6 is 0 Å². The summed E-state index contributed by atoms with van der Waals surface area (Å²) in [5, 5.41) is 0. The molecule has 0 aromatic heterocycles. The van der Waals surface area contributed by atoms with Crippen LogP contribution in [-0.4, -0.2) is 0 Å². The fourth-order valence-corrected chi connectivity index (χ4v) is 6.32. The zero-order valence-corrected chi connectivity index (χ0v) is 23.7. The van der Waals surface area contributed by atoms with E-state index >= 15 is 0 Å². The topological polar surface area (TPSA) is 3.24 Å². The second-order valence-electron chi connectivity index (χ2n) is 10.2. The molecule has 1 nitrogen and oxygen atoms in total. The van der Waals surface area contributed by atoms with Gasteiger partial charge in [0.2, 0.25) is 0 Å². The smallest absolute Gasteiger partial charge is 0.0628 e. The van der Waals surface area contributed by atoms with Crippen LogP contribution in [0.2, 0.25) is 0 Å². The predicted molar refractivity (Wildman–Crippen MR) is 169 cm³/mol. The monoisotopic (exact) mass is 507 g/mol. The molecule has 0 bridgehead atoms. The van der Waals surface area contributed by atoms with Gasteiger partial charge in [0.15, 0.2) is 0 Å². The molecule has 0 N–H and O–H groups in total. The minimum absolute atomic E-state index is 0.293. The highest BCUT2D eigenvalue weighted by Crippen LogP contribution is 2.57. The molecule has 0 heterocycles. The van der Waals surface area contributed by atoms with Gasteiger partial charge in [0.1, 0.15) is 0 Å². The molecular formula is C38H37N. The molecule has 1 atom stereocenters. The zero-order chi connectivity index (χ0) is 27.6. The summed E-state index contributed by atoms with van der Waals surface area (Å²) < 4.78 is 0. The van der Waals surface area contributed by atoms with Crippen LogP contribution in [0, 0.1) is 0 Å². The minimum Gasteiger partial charge on any atom is -0.310 e. The number of benzene rings is 4. The molecule has 5 rings (SSSR count). The number of anilines is 2. The van der Waals surface area contributed by atoms with Gasteiger partial charge in [-0.05, 0) is 86.7 Å². The number of allylic oxidation sites excluding steroid dienone is 6. The molecule has 0 fully saturated rings. The van der Waals surface area contributed by atoms with E-state index < -0.39 is 0 Å². The van der Waals surface area contributed by atoms with Gasteiger partial charge < -0.3 is 4.90 Å². The van der Waals surface area contributed by atoms with Gasteiger partial charge in [-0.2, -0.15) is 0 Å². The Hall–Kier alpha value is -4.36. The summed E-state index contributed by atoms with van der Waals surface area (Å²) in [6.45, 7) is 15.3. The SMILES string of the molecule is C=CC(=CC)N(c1ccc(-c2ccccc2)cc1)c1cccc2c1C(C)=C(C)C2(C(C)=CC)c1ccccc1. The van der Waals surface area contributed by atoms with Gasteiger partial charge in [-0.25, -0.2) is 0 Å². The van der Waals surface area contributed by atoms with Crippen molar-refractivity contribution in [3.63, 3.8) is 0 Å². The maximum absolute atomic E-state index is 4.18. The largest absolute Gasteiger partial charge is 0.310 e. The number of hydrogen-bond donors (Lipinski definition) is 0. The molecule has 0 aliphatic heterocycles. The molecule has 1 aliphatic carbocycles. The average molecular weight is 508 g/mol. The third-order valence-electron chi connectivity index (χ3n) is 8.41. The van der Waals surface area contributed by atoms with Gasteiger partial charge in [0, 0.05) is 16.9 Å². The first-order chi connectivity index (χ1) is 19.0. The van der Waals surface area contributed by atoms with Crippen LogP contribution in [0.1, 0.15) is 51.3 Å². The van der Waals surface area contributed by atoms with Crippen LogP contribution in [0.15, 0.2) is 145 Å². The molecule has 4 aromatic carbocycles. The van der Waals surface area contributed by atoms with Crippen molar-refractivity contribution in [3.05, 3.63) is 161 Å². The Balaban J connectivity index is 1.75. The van der Waals surface area contributed by atoms with Crippen molar-refractivity contribution in [2.75, 3.05) is 4.90 Å². The number of rotatable bonds is 7. The Kier molecular flexibility index (Phi) is 7.26. The quantitative estimate of drug-likeness (QED) is 0.178. The maximum Gasteiger partial charge on any atom is 0.0628 e. The highest BCUT2D eigenvalue weighted by atomic mass is 15.1. The first-order valence-corrected chi connectivity index (χ1v) is 13.7. The summed E-state index contributed by atoms with van der Waals surface area (Å²) in [4.78, 5) is 2.35. The van der Waals surface area contributed by atoms with Crippen LogP contribution in [0.25, 0.3) is 16.7 Å². The van der Waals surface area contributed by atoms with Crippen molar-refractivity contribution < 1.29 is 0 Å². The number of fused-ring (bicyclic) bond motifs is 1. The fourth-order valence-electron chi connectivity index (χ4n) is 6.32. The predicted octanol–water partition coefficient (Wildman–Crippen LogP) is 10.6. The van der Waals surface area contributed by atoms with E-state index in [1.54, 1.807) is 0 Å². The van der Waals surface area contributed by atoms with Crippen LogP contribution < -0.4 is 4.90 Å². The van der Waals surface area contributed by atoms with E-state index in [0.717, 1.165) is 11.4 Å². The summed E-state index contributed by atoms with van der Waals surface area (Å²) in [5.41, 5.74) is 13.5. The van der Waals surface area contributed by atoms with E-state index in [9.17, 15) is 0 Å². The van der Waals surface area contributed by atoms with E-state index in [1.807, 2.05) is 6.08 Å². The summed E-state index contributed by atoms with van der Waals surface area (Å²) >= 11 is 0. The van der Waals surface area contributed by atoms with Gasteiger partial charge in [-0.1, -0.05) is 115 Å². The average Bonchev–Trinajstić information content (AvgIpc) is 3.23. The molecule has 1 heteroatoms. The Morgan fingerprint density at radius 2 is 1.33 bits per heavy atom. The van der Waals surface area contributed by atoms with Crippen molar-refractivity contribution in [1.29, 1.82) is 0 Å².